The number of hydrogen-bond donors (Lipinski definition) is 0. The average Bonchev–Trinajstić information content (AvgIpc) is 3.16. The fraction of sp³-hybridized carbons (Fsp3) is 0. The number of nitriles is 1. The lowest BCUT2D eigenvalue weighted by Gasteiger charge is -2.03. The maximum Gasteiger partial charge on any atom is 0.137 e. The van der Waals surface area contributed by atoms with Crippen LogP contribution in [0.1, 0.15) is 10.6 Å². The first kappa shape index (κ1) is 18.9. The summed E-state index contributed by atoms with van der Waals surface area (Å²) in [5.41, 5.74) is 3.32. The number of allylic oxidation sites excluding steroid dienone is 1. The van der Waals surface area contributed by atoms with Crippen molar-refractivity contribution in [2.75, 3.05) is 0 Å². The molecule has 136 valence electrons. The molecule has 2 heterocycles. The van der Waals surface area contributed by atoms with Gasteiger partial charge < -0.3 is 0 Å². The number of pyridine rings is 1. The third kappa shape index (κ3) is 3.76. The molecule has 4 aromatic rings. The van der Waals surface area contributed by atoms with E-state index in [0.717, 1.165) is 16.5 Å². The van der Waals surface area contributed by atoms with Crippen LogP contribution in [-0.2, 0) is 0 Å². The maximum absolute atomic E-state index is 9.66. The van der Waals surface area contributed by atoms with E-state index < -0.39 is 0 Å². The highest BCUT2D eigenvalue weighted by Crippen LogP contribution is 2.33. The fourth-order valence-corrected chi connectivity index (χ4v) is 4.22. The summed E-state index contributed by atoms with van der Waals surface area (Å²) in [7, 11) is 0. The smallest absolute Gasteiger partial charge is 0.137 e. The predicted molar refractivity (Wildman–Crippen MR) is 118 cm³/mol. The monoisotopic (exact) mass is 441 g/mol. The van der Waals surface area contributed by atoms with E-state index >= 15 is 0 Å². The van der Waals surface area contributed by atoms with Crippen molar-refractivity contribution in [1.29, 1.82) is 5.26 Å². The summed E-state index contributed by atoms with van der Waals surface area (Å²) in [5, 5.41) is 14.4. The van der Waals surface area contributed by atoms with E-state index in [-0.39, 0.29) is 0 Å². The third-order valence-corrected chi connectivity index (χ3v) is 5.79. The van der Waals surface area contributed by atoms with Crippen LogP contribution < -0.4 is 0 Å². The number of fused-ring (bicyclic) bond motifs is 1. The van der Waals surface area contributed by atoms with Gasteiger partial charge in [-0.25, -0.2) is 9.97 Å². The van der Waals surface area contributed by atoms with Gasteiger partial charge in [-0.05, 0) is 36.4 Å². The minimum Gasteiger partial charge on any atom is -0.235 e. The molecule has 2 aromatic carbocycles. The van der Waals surface area contributed by atoms with Crippen molar-refractivity contribution in [2.45, 2.75) is 0 Å². The summed E-state index contributed by atoms with van der Waals surface area (Å²) in [5.74, 6) is 0. The number of halogens is 3. The maximum atomic E-state index is 9.66. The van der Waals surface area contributed by atoms with Crippen LogP contribution in [0, 0.1) is 11.3 Å². The molecule has 0 aliphatic heterocycles. The SMILES string of the molecule is N#C/C(=C/c1cc2ccccc2nc1Cl)c1nc(-c2ccc(Cl)cc2Cl)cs1. The van der Waals surface area contributed by atoms with Crippen molar-refractivity contribution in [3.05, 3.63) is 79.7 Å². The lowest BCUT2D eigenvalue weighted by molar-refractivity contribution is 1.37. The van der Waals surface area contributed by atoms with E-state index in [1.165, 1.54) is 11.3 Å². The van der Waals surface area contributed by atoms with Crippen LogP contribution in [0.25, 0.3) is 33.8 Å². The molecule has 0 atom stereocenters. The first-order valence-electron chi connectivity index (χ1n) is 8.13. The summed E-state index contributed by atoms with van der Waals surface area (Å²) in [6.45, 7) is 0. The Bertz CT molecular complexity index is 1270. The van der Waals surface area contributed by atoms with Crippen molar-refractivity contribution in [1.82, 2.24) is 9.97 Å². The molecule has 0 bridgehead atoms. The quantitative estimate of drug-likeness (QED) is 0.245. The molecule has 0 aliphatic carbocycles. The van der Waals surface area contributed by atoms with Gasteiger partial charge in [-0.1, -0.05) is 53.0 Å². The molecule has 0 radical (unpaired) electrons. The molecule has 7 heteroatoms. The molecule has 0 saturated carbocycles. The van der Waals surface area contributed by atoms with E-state index in [2.05, 4.69) is 16.0 Å². The molecule has 0 spiro atoms. The number of nitrogens with zero attached hydrogens (tertiary/aromatic N) is 3. The molecular weight excluding hydrogens is 433 g/mol. The molecule has 2 aromatic heterocycles. The lowest BCUT2D eigenvalue weighted by Crippen LogP contribution is -1.87. The summed E-state index contributed by atoms with van der Waals surface area (Å²) < 4.78 is 0. The lowest BCUT2D eigenvalue weighted by atomic mass is 10.1. The first-order chi connectivity index (χ1) is 13.5. The Kier molecular flexibility index (Phi) is 5.34. The molecule has 3 nitrogen and oxygen atoms in total. The molecular formula is C21H10Cl3N3S. The Hall–Kier alpha value is -2.42. The van der Waals surface area contributed by atoms with Gasteiger partial charge in [-0.2, -0.15) is 5.26 Å². The van der Waals surface area contributed by atoms with Crippen molar-refractivity contribution < 1.29 is 0 Å². The zero-order chi connectivity index (χ0) is 19.7. The van der Waals surface area contributed by atoms with Gasteiger partial charge in [-0.3, -0.25) is 0 Å². The molecule has 0 N–H and O–H groups in total. The molecule has 0 saturated heterocycles. The molecule has 28 heavy (non-hydrogen) atoms. The van der Waals surface area contributed by atoms with Crippen LogP contribution in [0.15, 0.2) is 53.9 Å². The second kappa shape index (κ2) is 7.90. The Morgan fingerprint density at radius 2 is 1.86 bits per heavy atom. The van der Waals surface area contributed by atoms with Crippen LogP contribution in [0.3, 0.4) is 0 Å². The number of para-hydroxylation sites is 1. The van der Waals surface area contributed by atoms with Gasteiger partial charge in [0.25, 0.3) is 0 Å². The summed E-state index contributed by atoms with van der Waals surface area (Å²) in [6.07, 6.45) is 1.70. The highest BCUT2D eigenvalue weighted by atomic mass is 35.5. The molecule has 0 unspecified atom stereocenters. The zero-order valence-corrected chi connectivity index (χ0v) is 17.2. The normalized spacial score (nSPS) is 11.6. The number of thiazole rings is 1. The fourth-order valence-electron chi connectivity index (χ4n) is 2.73. The van der Waals surface area contributed by atoms with Crippen LogP contribution >= 0.6 is 46.1 Å². The minimum absolute atomic E-state index is 0.337. The van der Waals surface area contributed by atoms with E-state index in [1.54, 1.807) is 18.2 Å². The largest absolute Gasteiger partial charge is 0.235 e. The Labute approximate surface area is 180 Å². The van der Waals surface area contributed by atoms with Crippen molar-refractivity contribution in [3.63, 3.8) is 0 Å². The highest BCUT2D eigenvalue weighted by Gasteiger charge is 2.13. The Morgan fingerprint density at radius 1 is 1.04 bits per heavy atom. The molecule has 0 aliphatic rings. The second-order valence-corrected chi connectivity index (χ2v) is 7.95. The van der Waals surface area contributed by atoms with E-state index in [0.29, 0.717) is 37.0 Å². The van der Waals surface area contributed by atoms with Crippen molar-refractivity contribution >= 4 is 68.7 Å². The average molecular weight is 443 g/mol. The van der Waals surface area contributed by atoms with Crippen LogP contribution in [0.4, 0.5) is 0 Å². The number of rotatable bonds is 3. The second-order valence-electron chi connectivity index (χ2n) is 5.89. The van der Waals surface area contributed by atoms with Crippen molar-refractivity contribution in [2.24, 2.45) is 0 Å². The van der Waals surface area contributed by atoms with E-state index in [1.807, 2.05) is 41.8 Å². The van der Waals surface area contributed by atoms with Gasteiger partial charge in [-0.15, -0.1) is 11.3 Å². The van der Waals surface area contributed by atoms with Gasteiger partial charge in [0, 0.05) is 26.9 Å². The number of benzene rings is 2. The van der Waals surface area contributed by atoms with E-state index in [4.69, 9.17) is 34.8 Å². The highest BCUT2D eigenvalue weighted by molar-refractivity contribution is 7.11. The molecule has 0 amide bonds. The summed E-state index contributed by atoms with van der Waals surface area (Å²) in [4.78, 5) is 8.96. The van der Waals surface area contributed by atoms with Gasteiger partial charge in [0.2, 0.25) is 0 Å². The van der Waals surface area contributed by atoms with Gasteiger partial charge in [0.15, 0.2) is 0 Å². The minimum atomic E-state index is 0.337. The zero-order valence-electron chi connectivity index (χ0n) is 14.2. The topological polar surface area (TPSA) is 49.6 Å². The number of aromatic nitrogens is 2. The van der Waals surface area contributed by atoms with E-state index in [9.17, 15) is 5.26 Å². The summed E-state index contributed by atoms with van der Waals surface area (Å²) >= 11 is 19.9. The van der Waals surface area contributed by atoms with Crippen LogP contribution in [-0.4, -0.2) is 9.97 Å². The van der Waals surface area contributed by atoms with Gasteiger partial charge in [0.05, 0.1) is 21.8 Å². The standard InChI is InChI=1S/C21H10Cl3N3S/c22-15-5-6-16(17(23)9-15)19-11-28-21(27-19)14(10-25)8-13-7-12-3-1-2-4-18(12)26-20(13)24/h1-9,11H/b14-8-. The van der Waals surface area contributed by atoms with Crippen LogP contribution in [0.2, 0.25) is 15.2 Å². The molecule has 4 rings (SSSR count). The van der Waals surface area contributed by atoms with Crippen LogP contribution in [0.5, 0.6) is 0 Å². The van der Waals surface area contributed by atoms with Gasteiger partial charge >= 0.3 is 0 Å². The van der Waals surface area contributed by atoms with Gasteiger partial charge in [0.1, 0.15) is 16.2 Å². The Balaban J connectivity index is 1.75. The summed E-state index contributed by atoms with van der Waals surface area (Å²) in [6, 6.07) is 17.0. The predicted octanol–water partition coefficient (Wildman–Crippen LogP) is 7.38. The number of hydrogen-bond acceptors (Lipinski definition) is 4. The Morgan fingerprint density at radius 3 is 2.64 bits per heavy atom. The third-order valence-electron chi connectivity index (χ3n) is 4.07. The first-order valence-corrected chi connectivity index (χ1v) is 10.1. The molecule has 0 fully saturated rings. The van der Waals surface area contributed by atoms with Crippen molar-refractivity contribution in [3.8, 4) is 17.3 Å².